The van der Waals surface area contributed by atoms with Crippen molar-refractivity contribution in [3.63, 3.8) is 0 Å². The van der Waals surface area contributed by atoms with Crippen LogP contribution in [0.25, 0.3) is 10.8 Å². The molecule has 0 saturated heterocycles. The van der Waals surface area contributed by atoms with Gasteiger partial charge in [-0.05, 0) is 86.7 Å². The summed E-state index contributed by atoms with van der Waals surface area (Å²) in [5.74, 6) is -0.730. The zero-order chi connectivity index (χ0) is 32.4. The summed E-state index contributed by atoms with van der Waals surface area (Å²) in [6.45, 7) is 7.77. The van der Waals surface area contributed by atoms with Gasteiger partial charge < -0.3 is 20.5 Å². The summed E-state index contributed by atoms with van der Waals surface area (Å²) in [5, 5.41) is 17.5. The SMILES string of the molecule is C[C@H](NC(=O)[C@H](CCCO)NC(=O)c1ccc(CN(Cc2ccccn2)C(=O)OC(C)(C)C)cc1)c1cccc2ccccc12. The zero-order valence-corrected chi connectivity index (χ0v) is 26.3. The molecule has 4 rings (SSSR count). The van der Waals surface area contributed by atoms with Gasteiger partial charge in [-0.1, -0.05) is 60.7 Å². The lowest BCUT2D eigenvalue weighted by molar-refractivity contribution is -0.123. The summed E-state index contributed by atoms with van der Waals surface area (Å²) in [7, 11) is 0. The van der Waals surface area contributed by atoms with Crippen LogP contribution >= 0.6 is 0 Å². The standard InChI is InChI=1S/C36H42N4O5/c1-25(30-15-9-12-27-11-5-6-14-31(27)30)38-34(43)32(16-10-22-41)39-33(42)28-19-17-26(18-20-28)23-40(35(44)45-36(2,3)4)24-29-13-7-8-21-37-29/h5-9,11-15,17-21,25,32,41H,10,16,22-24H2,1-4H3,(H,38,43)(H,39,42)/t25-,32-/m0/s1. The van der Waals surface area contributed by atoms with Gasteiger partial charge in [0.05, 0.1) is 18.3 Å². The van der Waals surface area contributed by atoms with Crippen LogP contribution in [0.4, 0.5) is 4.79 Å². The molecule has 0 aliphatic rings. The number of pyridine rings is 1. The third-order valence-corrected chi connectivity index (χ3v) is 7.24. The molecule has 0 fully saturated rings. The average Bonchev–Trinajstić information content (AvgIpc) is 3.02. The minimum atomic E-state index is -0.831. The number of hydrogen-bond donors (Lipinski definition) is 3. The van der Waals surface area contributed by atoms with E-state index in [9.17, 15) is 19.5 Å². The lowest BCUT2D eigenvalue weighted by Crippen LogP contribution is -2.47. The number of rotatable bonds is 12. The van der Waals surface area contributed by atoms with Crippen molar-refractivity contribution in [1.29, 1.82) is 0 Å². The second kappa shape index (κ2) is 15.3. The van der Waals surface area contributed by atoms with Crippen molar-refractivity contribution in [1.82, 2.24) is 20.5 Å². The normalized spacial score (nSPS) is 12.6. The van der Waals surface area contributed by atoms with E-state index in [0.29, 0.717) is 12.0 Å². The highest BCUT2D eigenvalue weighted by Crippen LogP contribution is 2.24. The molecule has 3 aromatic carbocycles. The topological polar surface area (TPSA) is 121 Å². The third-order valence-electron chi connectivity index (χ3n) is 7.24. The number of aromatic nitrogens is 1. The number of nitrogens with one attached hydrogen (secondary N) is 2. The molecule has 9 nitrogen and oxygen atoms in total. The number of ether oxygens (including phenoxy) is 1. The van der Waals surface area contributed by atoms with E-state index in [4.69, 9.17) is 4.74 Å². The Morgan fingerprint density at radius 2 is 1.60 bits per heavy atom. The molecule has 236 valence electrons. The first kappa shape index (κ1) is 33.1. The second-order valence-corrected chi connectivity index (χ2v) is 12.0. The first-order chi connectivity index (χ1) is 21.5. The Kier molecular flexibility index (Phi) is 11.3. The van der Waals surface area contributed by atoms with Crippen molar-refractivity contribution in [2.24, 2.45) is 0 Å². The molecule has 1 aromatic heterocycles. The fourth-order valence-electron chi connectivity index (χ4n) is 5.01. The molecule has 3 N–H and O–H groups in total. The van der Waals surface area contributed by atoms with Crippen molar-refractivity contribution in [3.8, 4) is 0 Å². The Balaban J connectivity index is 1.43. The van der Waals surface area contributed by atoms with E-state index in [0.717, 1.165) is 27.6 Å². The molecule has 0 radical (unpaired) electrons. The lowest BCUT2D eigenvalue weighted by atomic mass is 9.99. The first-order valence-corrected chi connectivity index (χ1v) is 15.2. The van der Waals surface area contributed by atoms with Crippen LogP contribution in [0.1, 0.15) is 73.8 Å². The molecular formula is C36H42N4O5. The molecule has 1 heterocycles. The summed E-state index contributed by atoms with van der Waals surface area (Å²) in [5.41, 5.74) is 2.21. The number of fused-ring (bicyclic) bond motifs is 1. The maximum atomic E-state index is 13.4. The molecule has 0 bridgehead atoms. The van der Waals surface area contributed by atoms with Gasteiger partial charge >= 0.3 is 6.09 Å². The van der Waals surface area contributed by atoms with Gasteiger partial charge in [0.1, 0.15) is 11.6 Å². The van der Waals surface area contributed by atoms with E-state index in [1.165, 1.54) is 0 Å². The minimum Gasteiger partial charge on any atom is -0.444 e. The molecule has 0 aliphatic heterocycles. The van der Waals surface area contributed by atoms with Crippen LogP contribution in [-0.4, -0.2) is 51.1 Å². The Hall–Kier alpha value is -4.76. The van der Waals surface area contributed by atoms with E-state index < -0.39 is 23.6 Å². The van der Waals surface area contributed by atoms with Crippen LogP contribution in [0.3, 0.4) is 0 Å². The van der Waals surface area contributed by atoms with Gasteiger partial charge in [0.2, 0.25) is 5.91 Å². The number of nitrogens with zero attached hydrogens (tertiary/aromatic N) is 2. The fourth-order valence-corrected chi connectivity index (χ4v) is 5.01. The monoisotopic (exact) mass is 610 g/mol. The Morgan fingerprint density at radius 1 is 0.889 bits per heavy atom. The van der Waals surface area contributed by atoms with Crippen LogP contribution in [0.5, 0.6) is 0 Å². The van der Waals surface area contributed by atoms with E-state index in [2.05, 4.69) is 15.6 Å². The summed E-state index contributed by atoms with van der Waals surface area (Å²) in [4.78, 5) is 45.5. The largest absolute Gasteiger partial charge is 0.444 e. The quantitative estimate of drug-likeness (QED) is 0.183. The highest BCUT2D eigenvalue weighted by Gasteiger charge is 2.25. The Labute approximate surface area is 264 Å². The number of aliphatic hydroxyl groups is 1. The van der Waals surface area contributed by atoms with Gasteiger partial charge in [-0.3, -0.25) is 19.5 Å². The van der Waals surface area contributed by atoms with Crippen molar-refractivity contribution < 1.29 is 24.2 Å². The highest BCUT2D eigenvalue weighted by molar-refractivity contribution is 5.97. The predicted octanol–water partition coefficient (Wildman–Crippen LogP) is 5.92. The van der Waals surface area contributed by atoms with Crippen LogP contribution in [-0.2, 0) is 22.6 Å². The van der Waals surface area contributed by atoms with Gasteiger partial charge in [0.25, 0.3) is 5.91 Å². The van der Waals surface area contributed by atoms with Gasteiger partial charge in [0.15, 0.2) is 0 Å². The first-order valence-electron chi connectivity index (χ1n) is 15.2. The molecule has 45 heavy (non-hydrogen) atoms. The van der Waals surface area contributed by atoms with Gasteiger partial charge in [-0.25, -0.2) is 4.79 Å². The predicted molar refractivity (Wildman–Crippen MR) is 174 cm³/mol. The summed E-state index contributed by atoms with van der Waals surface area (Å²) in [6, 6.07) is 25.2. The molecule has 0 spiro atoms. The lowest BCUT2D eigenvalue weighted by Gasteiger charge is -2.27. The minimum absolute atomic E-state index is 0.0973. The number of benzene rings is 3. The molecule has 2 atom stereocenters. The van der Waals surface area contributed by atoms with Crippen LogP contribution < -0.4 is 10.6 Å². The molecule has 9 heteroatoms. The molecule has 0 unspecified atom stereocenters. The fraction of sp³-hybridized carbons (Fsp3) is 0.333. The summed E-state index contributed by atoms with van der Waals surface area (Å²) >= 11 is 0. The number of amides is 3. The number of carbonyl (C=O) groups is 3. The summed E-state index contributed by atoms with van der Waals surface area (Å²) in [6.07, 6.45) is 1.85. The van der Waals surface area contributed by atoms with E-state index in [-0.39, 0.29) is 38.1 Å². The van der Waals surface area contributed by atoms with E-state index in [1.54, 1.807) is 35.4 Å². The van der Waals surface area contributed by atoms with E-state index >= 15 is 0 Å². The maximum Gasteiger partial charge on any atom is 0.410 e. The van der Waals surface area contributed by atoms with Crippen molar-refractivity contribution >= 4 is 28.7 Å². The number of aliphatic hydroxyl groups excluding tert-OH is 1. The van der Waals surface area contributed by atoms with Gasteiger partial charge in [0, 0.05) is 24.9 Å². The van der Waals surface area contributed by atoms with Gasteiger partial charge in [-0.15, -0.1) is 0 Å². The molecule has 0 aliphatic carbocycles. The second-order valence-electron chi connectivity index (χ2n) is 12.0. The van der Waals surface area contributed by atoms with Crippen molar-refractivity contribution in [2.75, 3.05) is 6.61 Å². The Morgan fingerprint density at radius 3 is 2.29 bits per heavy atom. The number of hydrogen-bond acceptors (Lipinski definition) is 6. The molecule has 0 saturated carbocycles. The van der Waals surface area contributed by atoms with Crippen LogP contribution in [0, 0.1) is 0 Å². The highest BCUT2D eigenvalue weighted by atomic mass is 16.6. The average molecular weight is 611 g/mol. The van der Waals surface area contributed by atoms with Gasteiger partial charge in [-0.2, -0.15) is 0 Å². The summed E-state index contributed by atoms with van der Waals surface area (Å²) < 4.78 is 5.62. The third kappa shape index (κ3) is 9.61. The molecular weight excluding hydrogens is 568 g/mol. The van der Waals surface area contributed by atoms with Crippen molar-refractivity contribution in [2.45, 2.75) is 71.3 Å². The van der Waals surface area contributed by atoms with E-state index in [1.807, 2.05) is 88.4 Å². The van der Waals surface area contributed by atoms with Crippen molar-refractivity contribution in [3.05, 3.63) is 114 Å². The maximum absolute atomic E-state index is 13.4. The smallest absolute Gasteiger partial charge is 0.410 e. The molecule has 3 amide bonds. The molecule has 4 aromatic rings. The zero-order valence-electron chi connectivity index (χ0n) is 26.3. The van der Waals surface area contributed by atoms with Crippen LogP contribution in [0.15, 0.2) is 91.1 Å². The Bertz CT molecular complexity index is 1580. The number of carbonyl (C=O) groups excluding carboxylic acids is 3. The van der Waals surface area contributed by atoms with Crippen LogP contribution in [0.2, 0.25) is 0 Å².